The number of benzene rings is 1. The Morgan fingerprint density at radius 1 is 1.30 bits per heavy atom. The third kappa shape index (κ3) is 4.11. The van der Waals surface area contributed by atoms with Gasteiger partial charge < -0.3 is 10.2 Å². The van der Waals surface area contributed by atoms with Gasteiger partial charge in [-0.15, -0.1) is 0 Å². The van der Waals surface area contributed by atoms with Crippen LogP contribution in [0.15, 0.2) is 18.2 Å². The van der Waals surface area contributed by atoms with Crippen molar-refractivity contribution in [2.75, 3.05) is 20.1 Å². The van der Waals surface area contributed by atoms with Crippen molar-refractivity contribution < 1.29 is 0 Å². The number of rotatable bonds is 8. The van der Waals surface area contributed by atoms with Crippen LogP contribution in [0.2, 0.25) is 10.0 Å². The van der Waals surface area contributed by atoms with E-state index in [4.69, 9.17) is 23.2 Å². The summed E-state index contributed by atoms with van der Waals surface area (Å²) in [6.45, 7) is 4.57. The first kappa shape index (κ1) is 16.1. The van der Waals surface area contributed by atoms with Gasteiger partial charge in [-0.3, -0.25) is 0 Å². The third-order valence-corrected chi connectivity index (χ3v) is 4.82. The minimum atomic E-state index is 0.263. The molecule has 112 valence electrons. The van der Waals surface area contributed by atoms with Crippen molar-refractivity contribution in [3.8, 4) is 0 Å². The molecule has 2 rings (SSSR count). The molecule has 4 heteroatoms. The first-order valence-electron chi connectivity index (χ1n) is 7.52. The average Bonchev–Trinajstić information content (AvgIpc) is 3.27. The normalized spacial score (nSPS) is 16.6. The molecule has 1 aliphatic rings. The van der Waals surface area contributed by atoms with Crippen molar-refractivity contribution in [2.45, 2.75) is 44.7 Å². The molecule has 20 heavy (non-hydrogen) atoms. The molecular weight excluding hydrogens is 291 g/mol. The first-order valence-corrected chi connectivity index (χ1v) is 8.28. The van der Waals surface area contributed by atoms with E-state index in [1.54, 1.807) is 0 Å². The van der Waals surface area contributed by atoms with Crippen LogP contribution in [0.1, 0.15) is 44.2 Å². The zero-order valence-electron chi connectivity index (χ0n) is 12.3. The van der Waals surface area contributed by atoms with Gasteiger partial charge in [-0.2, -0.15) is 0 Å². The van der Waals surface area contributed by atoms with Crippen LogP contribution in [-0.4, -0.2) is 31.1 Å². The summed E-state index contributed by atoms with van der Waals surface area (Å²) >= 11 is 12.5. The van der Waals surface area contributed by atoms with E-state index in [9.17, 15) is 0 Å². The Balaban J connectivity index is 1.99. The topological polar surface area (TPSA) is 15.3 Å². The van der Waals surface area contributed by atoms with E-state index in [1.807, 2.05) is 19.2 Å². The lowest BCUT2D eigenvalue weighted by atomic mass is 10.0. The summed E-state index contributed by atoms with van der Waals surface area (Å²) in [5.41, 5.74) is 1.11. The van der Waals surface area contributed by atoms with Crippen LogP contribution in [0.3, 0.4) is 0 Å². The molecule has 2 nitrogen and oxygen atoms in total. The van der Waals surface area contributed by atoms with Gasteiger partial charge in [-0.1, -0.05) is 42.3 Å². The van der Waals surface area contributed by atoms with Crippen LogP contribution >= 0.6 is 23.2 Å². The molecule has 0 heterocycles. The second kappa shape index (κ2) is 7.65. The lowest BCUT2D eigenvalue weighted by molar-refractivity contribution is 0.249. The van der Waals surface area contributed by atoms with Crippen molar-refractivity contribution in [3.63, 3.8) is 0 Å². The summed E-state index contributed by atoms with van der Waals surface area (Å²) in [4.78, 5) is 2.61. The predicted molar refractivity (Wildman–Crippen MR) is 87.8 cm³/mol. The highest BCUT2D eigenvalue weighted by Crippen LogP contribution is 2.32. The van der Waals surface area contributed by atoms with Crippen molar-refractivity contribution in [3.05, 3.63) is 33.8 Å². The molecule has 1 N–H and O–H groups in total. The molecule has 1 aromatic rings. The molecule has 0 bridgehead atoms. The molecule has 0 radical (unpaired) electrons. The molecule has 0 spiro atoms. The van der Waals surface area contributed by atoms with Crippen LogP contribution in [-0.2, 0) is 0 Å². The van der Waals surface area contributed by atoms with Crippen molar-refractivity contribution in [1.29, 1.82) is 0 Å². The fraction of sp³-hybridized carbons (Fsp3) is 0.625. The monoisotopic (exact) mass is 314 g/mol. The second-order valence-corrected chi connectivity index (χ2v) is 6.33. The summed E-state index contributed by atoms with van der Waals surface area (Å²) in [6.07, 6.45) is 5.01. The van der Waals surface area contributed by atoms with Crippen molar-refractivity contribution in [2.24, 2.45) is 0 Å². The standard InChI is InChI=1S/C16H24Cl2N2/c1-3-10-20(12-7-8-12)11-9-15(19-2)13-5-4-6-14(17)16(13)18/h4-6,12,15,19H,3,7-11H2,1-2H3. The van der Waals surface area contributed by atoms with E-state index in [1.165, 1.54) is 25.8 Å². The minimum absolute atomic E-state index is 0.263. The van der Waals surface area contributed by atoms with Crippen LogP contribution in [0.5, 0.6) is 0 Å². The summed E-state index contributed by atoms with van der Waals surface area (Å²) < 4.78 is 0. The Morgan fingerprint density at radius 3 is 2.65 bits per heavy atom. The molecule has 1 saturated carbocycles. The first-order chi connectivity index (χ1) is 9.67. The molecular formula is C16H24Cl2N2. The van der Waals surface area contributed by atoms with Crippen LogP contribution in [0.25, 0.3) is 0 Å². The number of halogens is 2. The highest BCUT2D eigenvalue weighted by Gasteiger charge is 2.28. The Labute approximate surface area is 132 Å². The molecule has 1 atom stereocenters. The second-order valence-electron chi connectivity index (χ2n) is 5.54. The fourth-order valence-electron chi connectivity index (χ4n) is 2.74. The number of hydrogen-bond acceptors (Lipinski definition) is 2. The van der Waals surface area contributed by atoms with Crippen LogP contribution < -0.4 is 5.32 Å². The van der Waals surface area contributed by atoms with Crippen LogP contribution in [0.4, 0.5) is 0 Å². The van der Waals surface area contributed by atoms with Crippen LogP contribution in [0, 0.1) is 0 Å². The lowest BCUT2D eigenvalue weighted by Crippen LogP contribution is -2.31. The summed E-state index contributed by atoms with van der Waals surface area (Å²) in [5, 5.41) is 4.69. The molecule has 0 amide bonds. The van der Waals surface area contributed by atoms with E-state index in [0.29, 0.717) is 10.0 Å². The number of hydrogen-bond donors (Lipinski definition) is 1. The van der Waals surface area contributed by atoms with E-state index >= 15 is 0 Å². The van der Waals surface area contributed by atoms with Gasteiger partial charge in [0.25, 0.3) is 0 Å². The molecule has 0 aliphatic heterocycles. The molecule has 1 unspecified atom stereocenters. The highest BCUT2D eigenvalue weighted by atomic mass is 35.5. The molecule has 1 aliphatic carbocycles. The van der Waals surface area contributed by atoms with Gasteiger partial charge in [-0.05, 0) is 50.9 Å². The molecule has 0 saturated heterocycles. The maximum absolute atomic E-state index is 6.33. The van der Waals surface area contributed by atoms with Gasteiger partial charge in [0, 0.05) is 18.6 Å². The van der Waals surface area contributed by atoms with E-state index in [0.717, 1.165) is 24.6 Å². The van der Waals surface area contributed by atoms with E-state index in [-0.39, 0.29) is 6.04 Å². The van der Waals surface area contributed by atoms with Gasteiger partial charge in [0.2, 0.25) is 0 Å². The predicted octanol–water partition coefficient (Wildman–Crippen LogP) is 4.52. The maximum Gasteiger partial charge on any atom is 0.0640 e. The van der Waals surface area contributed by atoms with E-state index in [2.05, 4.69) is 23.2 Å². The number of nitrogens with one attached hydrogen (secondary N) is 1. The smallest absolute Gasteiger partial charge is 0.0640 e. The SMILES string of the molecule is CCCN(CCC(NC)c1cccc(Cl)c1Cl)C1CC1. The Kier molecular flexibility index (Phi) is 6.16. The van der Waals surface area contributed by atoms with Gasteiger partial charge >= 0.3 is 0 Å². The third-order valence-electron chi connectivity index (χ3n) is 3.98. The lowest BCUT2D eigenvalue weighted by Gasteiger charge is -2.25. The molecule has 1 fully saturated rings. The molecule has 1 aromatic carbocycles. The summed E-state index contributed by atoms with van der Waals surface area (Å²) in [7, 11) is 1.99. The largest absolute Gasteiger partial charge is 0.313 e. The zero-order chi connectivity index (χ0) is 14.5. The van der Waals surface area contributed by atoms with E-state index < -0.39 is 0 Å². The van der Waals surface area contributed by atoms with Gasteiger partial charge in [-0.25, -0.2) is 0 Å². The maximum atomic E-state index is 6.33. The Bertz CT molecular complexity index is 432. The minimum Gasteiger partial charge on any atom is -0.313 e. The number of nitrogens with zero attached hydrogens (tertiary/aromatic N) is 1. The highest BCUT2D eigenvalue weighted by molar-refractivity contribution is 6.42. The van der Waals surface area contributed by atoms with Gasteiger partial charge in [0.1, 0.15) is 0 Å². The Hall–Kier alpha value is -0.280. The average molecular weight is 315 g/mol. The molecule has 0 aromatic heterocycles. The van der Waals surface area contributed by atoms with Crippen molar-refractivity contribution in [1.82, 2.24) is 10.2 Å². The summed E-state index contributed by atoms with van der Waals surface area (Å²) in [6, 6.07) is 6.96. The Morgan fingerprint density at radius 2 is 2.05 bits per heavy atom. The quantitative estimate of drug-likeness (QED) is 0.759. The summed E-state index contributed by atoms with van der Waals surface area (Å²) in [5.74, 6) is 0. The fourth-order valence-corrected chi connectivity index (χ4v) is 3.18. The zero-order valence-corrected chi connectivity index (χ0v) is 13.8. The van der Waals surface area contributed by atoms with Gasteiger partial charge in [0.05, 0.1) is 10.0 Å². The van der Waals surface area contributed by atoms with Gasteiger partial charge in [0.15, 0.2) is 0 Å². The van der Waals surface area contributed by atoms with Crippen molar-refractivity contribution >= 4 is 23.2 Å².